The zero-order valence-corrected chi connectivity index (χ0v) is 10.6. The molecule has 0 spiro atoms. The number of pyridine rings is 1. The predicted molar refractivity (Wildman–Crippen MR) is 68.5 cm³/mol. The molecule has 92 valence electrons. The van der Waals surface area contributed by atoms with Gasteiger partial charge in [-0.25, -0.2) is 9.97 Å². The van der Waals surface area contributed by atoms with Gasteiger partial charge in [0.25, 0.3) is 0 Å². The number of nitrogens with one attached hydrogen (secondary N) is 2. The Morgan fingerprint density at radius 1 is 1.44 bits per heavy atom. The Kier molecular flexibility index (Phi) is 2.99. The second kappa shape index (κ2) is 4.79. The minimum atomic E-state index is 0.746. The van der Waals surface area contributed by atoms with E-state index in [0.717, 1.165) is 28.1 Å². The Hall–Kier alpha value is -1.86. The number of rotatable bonds is 4. The molecule has 3 heterocycles. The van der Waals surface area contributed by atoms with Crippen molar-refractivity contribution in [1.29, 1.82) is 0 Å². The molecule has 18 heavy (non-hydrogen) atoms. The standard InChI is InChI=1S/C11H12N6S/c1-12-6-8-10(18-11-13-7-14-16-11)15-9-4-2-3-5-17(8)9/h2-5,7,12H,6H2,1H3,(H,13,14,16). The molecule has 7 heteroatoms. The zero-order chi connectivity index (χ0) is 12.4. The van der Waals surface area contributed by atoms with Gasteiger partial charge in [0.15, 0.2) is 5.16 Å². The smallest absolute Gasteiger partial charge is 0.189 e. The number of hydrogen-bond donors (Lipinski definition) is 2. The molecule has 0 bridgehead atoms. The molecule has 3 aromatic heterocycles. The molecule has 0 aliphatic rings. The van der Waals surface area contributed by atoms with E-state index in [1.165, 1.54) is 18.1 Å². The van der Waals surface area contributed by atoms with E-state index < -0.39 is 0 Å². The van der Waals surface area contributed by atoms with E-state index in [1.807, 2.05) is 31.4 Å². The second-order valence-electron chi connectivity index (χ2n) is 3.72. The fraction of sp³-hybridized carbons (Fsp3) is 0.182. The molecule has 0 saturated carbocycles. The van der Waals surface area contributed by atoms with Crippen molar-refractivity contribution in [2.24, 2.45) is 0 Å². The van der Waals surface area contributed by atoms with Crippen LogP contribution < -0.4 is 5.32 Å². The number of aromatic amines is 1. The predicted octanol–water partition coefficient (Wildman–Crippen LogP) is 1.32. The summed E-state index contributed by atoms with van der Waals surface area (Å²) >= 11 is 1.49. The molecule has 0 radical (unpaired) electrons. The van der Waals surface area contributed by atoms with Crippen LogP contribution in [0.1, 0.15) is 5.69 Å². The van der Waals surface area contributed by atoms with E-state index in [-0.39, 0.29) is 0 Å². The summed E-state index contributed by atoms with van der Waals surface area (Å²) in [5.41, 5.74) is 2.05. The minimum absolute atomic E-state index is 0.746. The van der Waals surface area contributed by atoms with Crippen LogP contribution in [0.25, 0.3) is 5.65 Å². The van der Waals surface area contributed by atoms with E-state index >= 15 is 0 Å². The van der Waals surface area contributed by atoms with E-state index in [2.05, 4.69) is 29.9 Å². The molecule has 0 saturated heterocycles. The third kappa shape index (κ3) is 1.98. The van der Waals surface area contributed by atoms with Crippen LogP contribution in [-0.4, -0.2) is 31.6 Å². The van der Waals surface area contributed by atoms with Gasteiger partial charge in [-0.1, -0.05) is 6.07 Å². The normalized spacial score (nSPS) is 11.2. The molecule has 0 aromatic carbocycles. The highest BCUT2D eigenvalue weighted by Gasteiger charge is 2.13. The van der Waals surface area contributed by atoms with Gasteiger partial charge in [-0.2, -0.15) is 5.10 Å². The van der Waals surface area contributed by atoms with Crippen LogP contribution in [0.5, 0.6) is 0 Å². The summed E-state index contributed by atoms with van der Waals surface area (Å²) in [4.78, 5) is 8.71. The molecule has 6 nitrogen and oxygen atoms in total. The topological polar surface area (TPSA) is 70.9 Å². The number of imidazole rings is 1. The summed E-state index contributed by atoms with van der Waals surface area (Å²) in [6.07, 6.45) is 3.51. The molecule has 0 atom stereocenters. The first-order chi connectivity index (χ1) is 8.88. The van der Waals surface area contributed by atoms with Gasteiger partial charge >= 0.3 is 0 Å². The zero-order valence-electron chi connectivity index (χ0n) is 9.79. The van der Waals surface area contributed by atoms with Crippen LogP contribution in [0.15, 0.2) is 40.9 Å². The van der Waals surface area contributed by atoms with Gasteiger partial charge in [0, 0.05) is 12.7 Å². The van der Waals surface area contributed by atoms with E-state index in [0.29, 0.717) is 0 Å². The van der Waals surface area contributed by atoms with Gasteiger partial charge in [0.1, 0.15) is 17.0 Å². The first-order valence-corrected chi connectivity index (χ1v) is 6.34. The van der Waals surface area contributed by atoms with Crippen LogP contribution in [-0.2, 0) is 6.54 Å². The van der Waals surface area contributed by atoms with E-state index in [9.17, 15) is 0 Å². The van der Waals surface area contributed by atoms with Crippen molar-refractivity contribution in [2.75, 3.05) is 7.05 Å². The van der Waals surface area contributed by atoms with Gasteiger partial charge in [-0.15, -0.1) is 0 Å². The molecule has 0 aliphatic carbocycles. The Morgan fingerprint density at radius 3 is 3.17 bits per heavy atom. The third-order valence-electron chi connectivity index (χ3n) is 2.52. The number of H-pyrrole nitrogens is 1. The lowest BCUT2D eigenvalue weighted by Crippen LogP contribution is -2.08. The largest absolute Gasteiger partial charge is 0.314 e. The summed E-state index contributed by atoms with van der Waals surface area (Å²) in [7, 11) is 1.92. The van der Waals surface area contributed by atoms with Crippen LogP contribution in [0.2, 0.25) is 0 Å². The maximum absolute atomic E-state index is 4.60. The van der Waals surface area contributed by atoms with Gasteiger partial charge < -0.3 is 9.72 Å². The molecule has 3 aromatic rings. The fourth-order valence-corrected chi connectivity index (χ4v) is 2.58. The Bertz CT molecular complexity index is 645. The van der Waals surface area contributed by atoms with Crippen LogP contribution in [0.4, 0.5) is 0 Å². The van der Waals surface area contributed by atoms with Crippen molar-refractivity contribution in [3.63, 3.8) is 0 Å². The quantitative estimate of drug-likeness (QED) is 0.740. The summed E-state index contributed by atoms with van der Waals surface area (Å²) in [5.74, 6) is 0. The Balaban J connectivity index is 2.06. The lowest BCUT2D eigenvalue weighted by molar-refractivity contribution is 0.763. The Labute approximate surface area is 108 Å². The molecular weight excluding hydrogens is 248 g/mol. The second-order valence-corrected chi connectivity index (χ2v) is 4.69. The minimum Gasteiger partial charge on any atom is -0.314 e. The molecule has 0 fully saturated rings. The highest BCUT2D eigenvalue weighted by atomic mass is 32.2. The van der Waals surface area contributed by atoms with E-state index in [1.54, 1.807) is 0 Å². The maximum atomic E-state index is 4.60. The molecule has 0 amide bonds. The molecule has 3 rings (SSSR count). The third-order valence-corrected chi connectivity index (χ3v) is 3.43. The first-order valence-electron chi connectivity index (χ1n) is 5.52. The van der Waals surface area contributed by atoms with Gasteiger partial charge in [0.2, 0.25) is 0 Å². The molecule has 2 N–H and O–H groups in total. The summed E-state index contributed by atoms with van der Waals surface area (Å²) < 4.78 is 2.08. The summed E-state index contributed by atoms with van der Waals surface area (Å²) in [5, 5.41) is 11.5. The van der Waals surface area contributed by atoms with Crippen molar-refractivity contribution >= 4 is 17.4 Å². The highest BCUT2D eigenvalue weighted by molar-refractivity contribution is 7.99. The number of aromatic nitrogens is 5. The van der Waals surface area contributed by atoms with Gasteiger partial charge in [-0.3, -0.25) is 5.10 Å². The van der Waals surface area contributed by atoms with Gasteiger partial charge in [-0.05, 0) is 30.9 Å². The van der Waals surface area contributed by atoms with Crippen molar-refractivity contribution in [2.45, 2.75) is 16.7 Å². The Morgan fingerprint density at radius 2 is 2.39 bits per heavy atom. The van der Waals surface area contributed by atoms with Crippen molar-refractivity contribution in [1.82, 2.24) is 29.9 Å². The SMILES string of the molecule is CNCc1c(Sc2ncn[nH]2)nc2ccccn12. The lowest BCUT2D eigenvalue weighted by atomic mass is 10.4. The number of hydrogen-bond acceptors (Lipinski definition) is 5. The number of nitrogens with zero attached hydrogens (tertiary/aromatic N) is 4. The summed E-state index contributed by atoms with van der Waals surface area (Å²) in [6.45, 7) is 0.752. The van der Waals surface area contributed by atoms with E-state index in [4.69, 9.17) is 0 Å². The van der Waals surface area contributed by atoms with Crippen molar-refractivity contribution in [3.05, 3.63) is 36.4 Å². The highest BCUT2D eigenvalue weighted by Crippen LogP contribution is 2.27. The average Bonchev–Trinajstić information content (AvgIpc) is 3.00. The maximum Gasteiger partial charge on any atom is 0.189 e. The monoisotopic (exact) mass is 260 g/mol. The van der Waals surface area contributed by atoms with Crippen molar-refractivity contribution < 1.29 is 0 Å². The lowest BCUT2D eigenvalue weighted by Gasteiger charge is -2.02. The molecule has 0 unspecified atom stereocenters. The van der Waals surface area contributed by atoms with Crippen LogP contribution >= 0.6 is 11.8 Å². The van der Waals surface area contributed by atoms with Crippen LogP contribution in [0, 0.1) is 0 Å². The summed E-state index contributed by atoms with van der Waals surface area (Å²) in [6, 6.07) is 5.97. The fourth-order valence-electron chi connectivity index (χ4n) is 1.77. The van der Waals surface area contributed by atoms with Crippen LogP contribution in [0.3, 0.4) is 0 Å². The van der Waals surface area contributed by atoms with Gasteiger partial charge in [0.05, 0.1) is 5.69 Å². The first kappa shape index (κ1) is 11.2. The average molecular weight is 260 g/mol. The molecule has 0 aliphatic heterocycles. The van der Waals surface area contributed by atoms with Crippen molar-refractivity contribution in [3.8, 4) is 0 Å². The molecular formula is C11H12N6S. The number of fused-ring (bicyclic) bond motifs is 1.